The predicted molar refractivity (Wildman–Crippen MR) is 117 cm³/mol. The Morgan fingerprint density at radius 2 is 1.75 bits per heavy atom. The summed E-state index contributed by atoms with van der Waals surface area (Å²) in [6.07, 6.45) is -1.51. The Kier molecular flexibility index (Phi) is 6.79. The van der Waals surface area contributed by atoms with Gasteiger partial charge < -0.3 is 30.0 Å². The summed E-state index contributed by atoms with van der Waals surface area (Å²) in [6, 6.07) is 10.9. The predicted octanol–water partition coefficient (Wildman–Crippen LogP) is 1.31. The first-order valence-corrected chi connectivity index (χ1v) is 9.78. The van der Waals surface area contributed by atoms with Crippen molar-refractivity contribution in [2.45, 2.75) is 25.5 Å². The second kappa shape index (κ2) is 9.52. The molecule has 2 aromatic carbocycles. The molecule has 0 spiro atoms. The van der Waals surface area contributed by atoms with Gasteiger partial charge in [-0.1, -0.05) is 30.3 Å². The van der Waals surface area contributed by atoms with Crippen LogP contribution in [0.4, 0.5) is 0 Å². The third-order valence-electron chi connectivity index (χ3n) is 5.12. The van der Waals surface area contributed by atoms with Crippen LogP contribution in [-0.2, 0) is 11.2 Å². The van der Waals surface area contributed by atoms with Gasteiger partial charge in [0.1, 0.15) is 5.58 Å². The van der Waals surface area contributed by atoms with Gasteiger partial charge in [0.15, 0.2) is 28.8 Å². The van der Waals surface area contributed by atoms with Crippen LogP contribution in [0.25, 0.3) is 11.0 Å². The quantitative estimate of drug-likeness (QED) is 0.479. The number of fused-ring (bicyclic) bond motifs is 1. The van der Waals surface area contributed by atoms with Gasteiger partial charge in [-0.25, -0.2) is 0 Å². The topological polar surface area (TPSA) is 141 Å². The largest absolute Gasteiger partial charge is 0.493 e. The number of nitrogens with one attached hydrogen (secondary N) is 1. The van der Waals surface area contributed by atoms with Crippen LogP contribution in [-0.4, -0.2) is 43.3 Å². The van der Waals surface area contributed by atoms with Gasteiger partial charge in [0, 0.05) is 11.6 Å². The van der Waals surface area contributed by atoms with Gasteiger partial charge in [-0.15, -0.1) is 0 Å². The molecule has 9 heteroatoms. The number of carbonyl (C=O) groups excluding carboxylic acids is 2. The summed E-state index contributed by atoms with van der Waals surface area (Å²) in [4.78, 5) is 37.5. The lowest BCUT2D eigenvalue weighted by molar-refractivity contribution is -0.127. The van der Waals surface area contributed by atoms with Gasteiger partial charge in [-0.3, -0.25) is 14.4 Å². The molecule has 1 heterocycles. The Labute approximate surface area is 183 Å². The fourth-order valence-corrected chi connectivity index (χ4v) is 3.37. The van der Waals surface area contributed by atoms with Crippen LogP contribution in [0, 0.1) is 6.92 Å². The number of aliphatic hydroxyl groups is 1. The van der Waals surface area contributed by atoms with Crippen molar-refractivity contribution in [2.24, 2.45) is 5.73 Å². The minimum Gasteiger partial charge on any atom is -0.493 e. The Bertz CT molecular complexity index is 1200. The minimum atomic E-state index is -1.64. The number of amides is 2. The summed E-state index contributed by atoms with van der Waals surface area (Å²) < 4.78 is 16.2. The summed E-state index contributed by atoms with van der Waals surface area (Å²) in [5, 5.41) is 13.0. The van der Waals surface area contributed by atoms with Gasteiger partial charge in [-0.2, -0.15) is 0 Å². The van der Waals surface area contributed by atoms with Crippen LogP contribution in [0.1, 0.15) is 21.7 Å². The average molecular weight is 440 g/mol. The Hall–Kier alpha value is -3.85. The zero-order valence-corrected chi connectivity index (χ0v) is 17.9. The molecule has 0 aliphatic carbocycles. The Balaban J connectivity index is 2.00. The third-order valence-corrected chi connectivity index (χ3v) is 5.12. The number of hydrogen-bond donors (Lipinski definition) is 3. The van der Waals surface area contributed by atoms with E-state index in [9.17, 15) is 19.5 Å². The number of nitrogens with two attached hydrogens (primary N) is 1. The molecule has 0 radical (unpaired) electrons. The molecule has 4 N–H and O–H groups in total. The van der Waals surface area contributed by atoms with Crippen LogP contribution in [0.5, 0.6) is 11.5 Å². The van der Waals surface area contributed by atoms with E-state index in [-0.39, 0.29) is 28.7 Å². The van der Waals surface area contributed by atoms with Crippen molar-refractivity contribution < 1.29 is 28.6 Å². The lowest BCUT2D eigenvalue weighted by atomic mass is 10.0. The number of hydrogen-bond acceptors (Lipinski definition) is 7. The molecular weight excluding hydrogens is 416 g/mol. The van der Waals surface area contributed by atoms with E-state index in [1.165, 1.54) is 33.3 Å². The molecule has 0 aliphatic heterocycles. The maximum Gasteiger partial charge on any atom is 0.287 e. The molecule has 0 aliphatic rings. The summed E-state index contributed by atoms with van der Waals surface area (Å²) in [5.74, 6) is -1.33. The van der Waals surface area contributed by atoms with Gasteiger partial charge >= 0.3 is 0 Å². The van der Waals surface area contributed by atoms with Crippen LogP contribution in [0.2, 0.25) is 0 Å². The summed E-state index contributed by atoms with van der Waals surface area (Å²) in [7, 11) is 2.87. The molecule has 0 fully saturated rings. The number of rotatable bonds is 8. The molecule has 3 aromatic rings. The Morgan fingerprint density at radius 3 is 2.34 bits per heavy atom. The molecule has 32 heavy (non-hydrogen) atoms. The minimum absolute atomic E-state index is 0.0641. The SMILES string of the molecule is COc1cc2oc(C(=O)N[C@@H](Cc3ccccc3)[C@@H](O)C(N)=O)c(C)c(=O)c2cc1OC. The fraction of sp³-hybridized carbons (Fsp3) is 0.261. The fourth-order valence-electron chi connectivity index (χ4n) is 3.37. The monoisotopic (exact) mass is 440 g/mol. The van der Waals surface area contributed by atoms with Crippen molar-refractivity contribution in [2.75, 3.05) is 14.2 Å². The molecule has 0 saturated carbocycles. The van der Waals surface area contributed by atoms with Gasteiger partial charge in [-0.05, 0) is 25.0 Å². The van der Waals surface area contributed by atoms with Crippen molar-refractivity contribution in [3.63, 3.8) is 0 Å². The summed E-state index contributed by atoms with van der Waals surface area (Å²) in [5.41, 5.74) is 5.79. The number of benzene rings is 2. The van der Waals surface area contributed by atoms with Crippen molar-refractivity contribution in [1.82, 2.24) is 5.32 Å². The molecule has 168 valence electrons. The first-order chi connectivity index (χ1) is 15.3. The summed E-state index contributed by atoms with van der Waals surface area (Å²) >= 11 is 0. The molecule has 0 unspecified atom stereocenters. The number of carbonyl (C=O) groups is 2. The maximum atomic E-state index is 13.0. The smallest absolute Gasteiger partial charge is 0.287 e. The van der Waals surface area contributed by atoms with Crippen molar-refractivity contribution in [3.8, 4) is 11.5 Å². The zero-order valence-electron chi connectivity index (χ0n) is 17.9. The van der Waals surface area contributed by atoms with E-state index in [1.54, 1.807) is 24.3 Å². The first kappa shape index (κ1) is 22.8. The molecular formula is C23H24N2O7. The second-order valence-electron chi connectivity index (χ2n) is 7.21. The second-order valence-corrected chi connectivity index (χ2v) is 7.21. The molecule has 2 amide bonds. The highest BCUT2D eigenvalue weighted by Gasteiger charge is 2.28. The third kappa shape index (κ3) is 4.57. The Morgan fingerprint density at radius 1 is 1.12 bits per heavy atom. The number of aliphatic hydroxyl groups excluding tert-OH is 1. The lowest BCUT2D eigenvalue weighted by Gasteiger charge is -2.22. The zero-order chi connectivity index (χ0) is 23.4. The maximum absolute atomic E-state index is 13.0. The molecule has 0 bridgehead atoms. The molecule has 9 nitrogen and oxygen atoms in total. The van der Waals surface area contributed by atoms with E-state index >= 15 is 0 Å². The number of ether oxygens (including phenoxy) is 2. The molecule has 0 saturated heterocycles. The first-order valence-electron chi connectivity index (χ1n) is 9.78. The number of methoxy groups -OCH3 is 2. The van der Waals surface area contributed by atoms with E-state index in [4.69, 9.17) is 19.6 Å². The highest BCUT2D eigenvalue weighted by molar-refractivity contribution is 5.96. The van der Waals surface area contributed by atoms with Crippen molar-refractivity contribution in [1.29, 1.82) is 0 Å². The van der Waals surface area contributed by atoms with E-state index < -0.39 is 29.4 Å². The van der Waals surface area contributed by atoms with Crippen molar-refractivity contribution >= 4 is 22.8 Å². The van der Waals surface area contributed by atoms with Gasteiger partial charge in [0.25, 0.3) is 5.91 Å². The van der Waals surface area contributed by atoms with E-state index in [0.717, 1.165) is 5.56 Å². The highest BCUT2D eigenvalue weighted by atomic mass is 16.5. The highest BCUT2D eigenvalue weighted by Crippen LogP contribution is 2.31. The molecule has 3 rings (SSSR count). The van der Waals surface area contributed by atoms with Gasteiger partial charge in [0.05, 0.1) is 25.6 Å². The van der Waals surface area contributed by atoms with E-state index in [2.05, 4.69) is 5.32 Å². The van der Waals surface area contributed by atoms with Crippen LogP contribution < -0.4 is 26.0 Å². The van der Waals surface area contributed by atoms with E-state index in [0.29, 0.717) is 11.5 Å². The van der Waals surface area contributed by atoms with Crippen LogP contribution in [0.15, 0.2) is 51.7 Å². The standard InChI is InChI=1S/C23H24N2O7/c1-12-19(26)14-10-17(30-2)18(31-3)11-16(14)32-21(12)23(29)25-15(20(27)22(24)28)9-13-7-5-4-6-8-13/h4-8,10-11,15,20,27H,9H2,1-3H3,(H2,24,28)(H,25,29)/t15-,20+/m0/s1. The normalized spacial score (nSPS) is 12.8. The average Bonchev–Trinajstić information content (AvgIpc) is 2.80. The van der Waals surface area contributed by atoms with Gasteiger partial charge in [0.2, 0.25) is 5.91 Å². The molecule has 1 aromatic heterocycles. The van der Waals surface area contributed by atoms with E-state index in [1.807, 2.05) is 6.07 Å². The van der Waals surface area contributed by atoms with Crippen LogP contribution >= 0.6 is 0 Å². The number of primary amides is 1. The van der Waals surface area contributed by atoms with Crippen LogP contribution in [0.3, 0.4) is 0 Å². The lowest BCUT2D eigenvalue weighted by Crippen LogP contribution is -2.50. The molecule has 2 atom stereocenters. The van der Waals surface area contributed by atoms with Crippen molar-refractivity contribution in [3.05, 3.63) is 69.6 Å². The summed E-state index contributed by atoms with van der Waals surface area (Å²) in [6.45, 7) is 1.45.